The van der Waals surface area contributed by atoms with Gasteiger partial charge in [0.1, 0.15) is 0 Å². The third-order valence-electron chi connectivity index (χ3n) is 3.73. The molecule has 0 aromatic carbocycles. The zero-order valence-electron chi connectivity index (χ0n) is 16.0. The first kappa shape index (κ1) is 21.4. The van der Waals surface area contributed by atoms with Crippen molar-refractivity contribution in [2.24, 2.45) is 10.8 Å². The molecule has 0 aromatic rings. The second-order valence-corrected chi connectivity index (χ2v) is 8.22. The number of nitrogens with one attached hydrogen (secondary N) is 2. The lowest BCUT2D eigenvalue weighted by molar-refractivity contribution is -0.122. The summed E-state index contributed by atoms with van der Waals surface area (Å²) in [5.41, 5.74) is 0.433. The van der Waals surface area contributed by atoms with Crippen molar-refractivity contribution in [2.75, 3.05) is 39.3 Å². The molecule has 0 heterocycles. The van der Waals surface area contributed by atoms with Crippen LogP contribution in [0.2, 0.25) is 0 Å². The summed E-state index contributed by atoms with van der Waals surface area (Å²) in [6.07, 6.45) is 1.69. The molecule has 2 N–H and O–H groups in total. The van der Waals surface area contributed by atoms with E-state index in [1.54, 1.807) is 0 Å². The Balaban J connectivity index is 4.02. The highest BCUT2D eigenvalue weighted by Gasteiger charge is 2.25. The molecule has 0 aromatic heterocycles. The van der Waals surface area contributed by atoms with Crippen LogP contribution in [0.5, 0.6) is 0 Å². The minimum atomic E-state index is 0.142. The Kier molecular flexibility index (Phi) is 9.94. The predicted molar refractivity (Wildman–Crippen MR) is 96.1 cm³/mol. The summed E-state index contributed by atoms with van der Waals surface area (Å²) in [6.45, 7) is 21.1. The van der Waals surface area contributed by atoms with Crippen LogP contribution in [0.1, 0.15) is 61.3 Å². The number of likely N-dealkylation sites (N-methyl/N-ethyl adjacent to an activating group) is 2. The van der Waals surface area contributed by atoms with E-state index in [1.165, 1.54) is 0 Å². The van der Waals surface area contributed by atoms with Crippen LogP contribution in [0.15, 0.2) is 0 Å². The van der Waals surface area contributed by atoms with Gasteiger partial charge in [0, 0.05) is 32.6 Å². The fourth-order valence-corrected chi connectivity index (χ4v) is 3.03. The van der Waals surface area contributed by atoms with Gasteiger partial charge in [0.05, 0.1) is 0 Å². The molecule has 0 spiro atoms. The lowest BCUT2D eigenvalue weighted by Gasteiger charge is -2.32. The number of carbonyl (C=O) groups excluding carboxylic acids is 1. The van der Waals surface area contributed by atoms with Gasteiger partial charge in [0.25, 0.3) is 0 Å². The summed E-state index contributed by atoms with van der Waals surface area (Å²) < 4.78 is 0. The first-order valence-corrected chi connectivity index (χ1v) is 8.79. The Bertz CT molecular complexity index is 308. The van der Waals surface area contributed by atoms with E-state index in [1.807, 2.05) is 0 Å². The highest BCUT2D eigenvalue weighted by Crippen LogP contribution is 2.32. The van der Waals surface area contributed by atoms with E-state index < -0.39 is 0 Å². The monoisotopic (exact) mass is 313 g/mol. The quantitative estimate of drug-likeness (QED) is 0.577. The Morgan fingerprint density at radius 1 is 1.05 bits per heavy atom. The fraction of sp³-hybridized carbons (Fsp3) is 0.944. The fourth-order valence-electron chi connectivity index (χ4n) is 3.03. The predicted octanol–water partition coefficient (Wildman–Crippen LogP) is 2.89. The largest absolute Gasteiger partial charge is 0.356 e. The number of hydrogen-bond donors (Lipinski definition) is 2. The van der Waals surface area contributed by atoms with E-state index in [2.05, 4.69) is 64.0 Å². The zero-order valence-corrected chi connectivity index (χ0v) is 16.0. The Hall–Kier alpha value is -0.610. The standard InChI is InChI=1S/C18H39N3O/c1-8-19-11-13-21(9-2)12-10-16(22)20-15-18(6,7)14-17(3,4)5/h19H,8-15H2,1-7H3,(H,20,22). The topological polar surface area (TPSA) is 44.4 Å². The molecule has 0 radical (unpaired) electrons. The van der Waals surface area contributed by atoms with E-state index >= 15 is 0 Å². The number of carbonyl (C=O) groups is 1. The molecule has 0 saturated heterocycles. The minimum absolute atomic E-state index is 0.142. The summed E-state index contributed by atoms with van der Waals surface area (Å²) in [6, 6.07) is 0. The van der Waals surface area contributed by atoms with Crippen LogP contribution in [0.25, 0.3) is 0 Å². The first-order valence-electron chi connectivity index (χ1n) is 8.79. The van der Waals surface area contributed by atoms with Gasteiger partial charge in [-0.2, -0.15) is 0 Å². The van der Waals surface area contributed by atoms with E-state index in [0.717, 1.165) is 45.7 Å². The molecule has 0 aliphatic rings. The molecule has 0 aliphatic carbocycles. The Morgan fingerprint density at radius 2 is 1.68 bits per heavy atom. The second-order valence-electron chi connectivity index (χ2n) is 8.22. The molecule has 132 valence electrons. The van der Waals surface area contributed by atoms with E-state index in [0.29, 0.717) is 11.8 Å². The molecule has 1 amide bonds. The third-order valence-corrected chi connectivity index (χ3v) is 3.73. The van der Waals surface area contributed by atoms with Crippen LogP contribution < -0.4 is 10.6 Å². The van der Waals surface area contributed by atoms with Crippen molar-refractivity contribution in [3.8, 4) is 0 Å². The highest BCUT2D eigenvalue weighted by atomic mass is 16.1. The van der Waals surface area contributed by atoms with E-state index in [-0.39, 0.29) is 11.3 Å². The Labute approximate surface area is 138 Å². The van der Waals surface area contributed by atoms with Crippen molar-refractivity contribution in [3.63, 3.8) is 0 Å². The molecule has 0 rings (SSSR count). The molecular weight excluding hydrogens is 274 g/mol. The summed E-state index contributed by atoms with van der Waals surface area (Å²) in [4.78, 5) is 14.4. The normalized spacial score (nSPS) is 12.7. The highest BCUT2D eigenvalue weighted by molar-refractivity contribution is 5.76. The van der Waals surface area contributed by atoms with E-state index in [4.69, 9.17) is 0 Å². The molecule has 0 aliphatic heterocycles. The van der Waals surface area contributed by atoms with Crippen LogP contribution in [0.3, 0.4) is 0 Å². The summed E-state index contributed by atoms with van der Waals surface area (Å²) in [5.74, 6) is 0.170. The average Bonchev–Trinajstić information content (AvgIpc) is 2.38. The van der Waals surface area contributed by atoms with Crippen LogP contribution in [0.4, 0.5) is 0 Å². The average molecular weight is 314 g/mol. The van der Waals surface area contributed by atoms with Gasteiger partial charge < -0.3 is 15.5 Å². The Morgan fingerprint density at radius 3 is 2.18 bits per heavy atom. The maximum absolute atomic E-state index is 12.1. The smallest absolute Gasteiger partial charge is 0.221 e. The number of nitrogens with zero attached hydrogens (tertiary/aromatic N) is 1. The van der Waals surface area contributed by atoms with Gasteiger partial charge in [-0.25, -0.2) is 0 Å². The van der Waals surface area contributed by atoms with Crippen LogP contribution in [-0.2, 0) is 4.79 Å². The SMILES string of the molecule is CCNCCN(CC)CCC(=O)NCC(C)(C)CC(C)(C)C. The molecule has 4 nitrogen and oxygen atoms in total. The van der Waals surface area contributed by atoms with Crippen molar-refractivity contribution in [3.05, 3.63) is 0 Å². The first-order chi connectivity index (χ1) is 10.1. The van der Waals surface area contributed by atoms with Crippen LogP contribution in [-0.4, -0.2) is 50.1 Å². The molecular formula is C18H39N3O. The number of rotatable bonds is 11. The van der Waals surface area contributed by atoms with Crippen molar-refractivity contribution in [2.45, 2.75) is 61.3 Å². The van der Waals surface area contributed by atoms with Gasteiger partial charge in [-0.1, -0.05) is 48.5 Å². The summed E-state index contributed by atoms with van der Waals surface area (Å²) in [7, 11) is 0. The van der Waals surface area contributed by atoms with Gasteiger partial charge in [0.15, 0.2) is 0 Å². The van der Waals surface area contributed by atoms with Gasteiger partial charge in [-0.05, 0) is 30.3 Å². The number of hydrogen-bond acceptors (Lipinski definition) is 3. The number of amides is 1. The van der Waals surface area contributed by atoms with Crippen molar-refractivity contribution in [1.29, 1.82) is 0 Å². The lowest BCUT2D eigenvalue weighted by Crippen LogP contribution is -2.39. The van der Waals surface area contributed by atoms with Gasteiger partial charge >= 0.3 is 0 Å². The molecule has 0 fully saturated rings. The third kappa shape index (κ3) is 12.0. The molecule has 0 unspecified atom stereocenters. The summed E-state index contributed by atoms with van der Waals surface area (Å²) >= 11 is 0. The second kappa shape index (κ2) is 10.2. The van der Waals surface area contributed by atoms with Gasteiger partial charge in [0.2, 0.25) is 5.91 Å². The summed E-state index contributed by atoms with van der Waals surface area (Å²) in [5, 5.41) is 6.44. The molecule has 0 saturated carbocycles. The van der Waals surface area contributed by atoms with E-state index in [9.17, 15) is 4.79 Å². The minimum Gasteiger partial charge on any atom is -0.356 e. The van der Waals surface area contributed by atoms with Gasteiger partial charge in [-0.3, -0.25) is 4.79 Å². The maximum atomic E-state index is 12.1. The molecule has 22 heavy (non-hydrogen) atoms. The zero-order chi connectivity index (χ0) is 17.2. The van der Waals surface area contributed by atoms with Crippen LogP contribution in [0, 0.1) is 10.8 Å². The molecule has 0 bridgehead atoms. The molecule has 4 heteroatoms. The van der Waals surface area contributed by atoms with Gasteiger partial charge in [-0.15, -0.1) is 0 Å². The van der Waals surface area contributed by atoms with Crippen molar-refractivity contribution in [1.82, 2.24) is 15.5 Å². The van der Waals surface area contributed by atoms with Crippen molar-refractivity contribution >= 4 is 5.91 Å². The van der Waals surface area contributed by atoms with Crippen LogP contribution >= 0.6 is 0 Å². The maximum Gasteiger partial charge on any atom is 0.221 e. The van der Waals surface area contributed by atoms with Crippen molar-refractivity contribution < 1.29 is 4.79 Å². The molecule has 0 atom stereocenters. The lowest BCUT2D eigenvalue weighted by atomic mass is 9.76.